The fourth-order valence-electron chi connectivity index (χ4n) is 1.67. The van der Waals surface area contributed by atoms with Gasteiger partial charge in [0.05, 0.1) is 11.6 Å². The normalized spacial score (nSPS) is 10.2. The lowest BCUT2D eigenvalue weighted by Crippen LogP contribution is -1.75. The molecule has 0 aliphatic heterocycles. The molecule has 0 spiro atoms. The van der Waals surface area contributed by atoms with Crippen molar-refractivity contribution >= 4 is 16.6 Å². The van der Waals surface area contributed by atoms with E-state index in [0.717, 1.165) is 11.0 Å². The van der Waals surface area contributed by atoms with Gasteiger partial charge in [-0.2, -0.15) is 5.10 Å². The van der Waals surface area contributed by atoms with Gasteiger partial charge in [-0.05, 0) is 24.3 Å². The Bertz CT molecular complexity index is 629. The Morgan fingerprint density at radius 1 is 1.00 bits per heavy atom. The zero-order chi connectivity index (χ0) is 12.2. The fraction of sp³-hybridized carbons (Fsp3) is 0. The average molecular weight is 237 g/mol. The zero-order valence-corrected chi connectivity index (χ0v) is 9.56. The highest BCUT2D eigenvalue weighted by Crippen LogP contribution is 2.01. The molecule has 0 saturated carbocycles. The fourth-order valence-corrected chi connectivity index (χ4v) is 1.67. The van der Waals surface area contributed by atoms with Gasteiger partial charge in [-0.15, -0.1) is 0 Å². The SMILES string of the molecule is c1ccn2cccc2c1.c1ncc2cn[nH]c2n1. The Balaban J connectivity index is 0.000000111. The monoisotopic (exact) mass is 237 g/mol. The highest BCUT2D eigenvalue weighted by atomic mass is 15.1. The Kier molecular flexibility index (Phi) is 2.71. The number of pyridine rings is 1. The Hall–Kier alpha value is -2.69. The van der Waals surface area contributed by atoms with Gasteiger partial charge in [0.25, 0.3) is 0 Å². The molecule has 0 aliphatic rings. The van der Waals surface area contributed by atoms with Gasteiger partial charge in [0.2, 0.25) is 0 Å². The second kappa shape index (κ2) is 4.67. The standard InChI is InChI=1S/C8H7N.C5H4N4/c1-2-6-9-7-3-5-8(9)4-1;1-4-2-8-9-5(4)7-3-6-1/h1-7H;1-3H,(H,6,7,8,9). The lowest BCUT2D eigenvalue weighted by atomic mass is 10.4. The van der Waals surface area contributed by atoms with Crippen LogP contribution in [0.25, 0.3) is 16.6 Å². The summed E-state index contributed by atoms with van der Waals surface area (Å²) in [4.78, 5) is 7.73. The van der Waals surface area contributed by atoms with Crippen molar-refractivity contribution < 1.29 is 0 Å². The quantitative estimate of drug-likeness (QED) is 0.510. The second-order valence-electron chi connectivity index (χ2n) is 3.74. The molecule has 4 heterocycles. The molecule has 88 valence electrons. The van der Waals surface area contributed by atoms with Gasteiger partial charge in [0, 0.05) is 24.1 Å². The molecule has 0 aromatic carbocycles. The van der Waals surface area contributed by atoms with E-state index in [0.29, 0.717) is 0 Å². The van der Waals surface area contributed by atoms with Gasteiger partial charge in [-0.25, -0.2) is 9.97 Å². The molecular formula is C13H11N5. The number of aromatic amines is 1. The zero-order valence-electron chi connectivity index (χ0n) is 9.56. The Morgan fingerprint density at radius 2 is 1.89 bits per heavy atom. The summed E-state index contributed by atoms with van der Waals surface area (Å²) in [5.41, 5.74) is 2.03. The first-order valence-electron chi connectivity index (χ1n) is 5.54. The molecule has 0 amide bonds. The van der Waals surface area contributed by atoms with Crippen molar-refractivity contribution in [1.29, 1.82) is 0 Å². The second-order valence-corrected chi connectivity index (χ2v) is 3.74. The molecule has 0 fully saturated rings. The maximum Gasteiger partial charge on any atom is 0.158 e. The largest absolute Gasteiger partial charge is 0.324 e. The van der Waals surface area contributed by atoms with Crippen molar-refractivity contribution in [3.05, 3.63) is 61.4 Å². The highest BCUT2D eigenvalue weighted by molar-refractivity contribution is 5.71. The molecule has 5 heteroatoms. The lowest BCUT2D eigenvalue weighted by Gasteiger charge is -1.88. The first kappa shape index (κ1) is 10.5. The van der Waals surface area contributed by atoms with Crippen LogP contribution >= 0.6 is 0 Å². The van der Waals surface area contributed by atoms with Crippen molar-refractivity contribution in [2.24, 2.45) is 0 Å². The number of rotatable bonds is 0. The van der Waals surface area contributed by atoms with Crippen molar-refractivity contribution in [3.63, 3.8) is 0 Å². The maximum absolute atomic E-state index is 3.91. The molecule has 0 saturated heterocycles. The summed E-state index contributed by atoms with van der Waals surface area (Å²) in [6, 6.07) is 10.3. The van der Waals surface area contributed by atoms with E-state index in [1.807, 2.05) is 30.6 Å². The average Bonchev–Trinajstić information content (AvgIpc) is 3.08. The van der Waals surface area contributed by atoms with Crippen LogP contribution in [0.15, 0.2) is 61.4 Å². The Labute approximate surface area is 103 Å². The predicted molar refractivity (Wildman–Crippen MR) is 69.1 cm³/mol. The summed E-state index contributed by atoms with van der Waals surface area (Å²) < 4.78 is 2.08. The van der Waals surface area contributed by atoms with Crippen molar-refractivity contribution in [1.82, 2.24) is 24.6 Å². The number of aromatic nitrogens is 5. The highest BCUT2D eigenvalue weighted by Gasteiger charge is 1.90. The molecule has 4 aromatic rings. The molecule has 4 rings (SSSR count). The van der Waals surface area contributed by atoms with Crippen LogP contribution in [0, 0.1) is 0 Å². The summed E-state index contributed by atoms with van der Waals surface area (Å²) >= 11 is 0. The lowest BCUT2D eigenvalue weighted by molar-refractivity contribution is 1.09. The van der Waals surface area contributed by atoms with Gasteiger partial charge in [-0.1, -0.05) is 6.07 Å². The van der Waals surface area contributed by atoms with Gasteiger partial charge in [0.15, 0.2) is 5.65 Å². The first-order valence-corrected chi connectivity index (χ1v) is 5.54. The smallest absolute Gasteiger partial charge is 0.158 e. The van der Waals surface area contributed by atoms with Crippen LogP contribution in [0.4, 0.5) is 0 Å². The molecule has 5 nitrogen and oxygen atoms in total. The van der Waals surface area contributed by atoms with Gasteiger partial charge < -0.3 is 4.40 Å². The van der Waals surface area contributed by atoms with Crippen LogP contribution in [0.2, 0.25) is 0 Å². The van der Waals surface area contributed by atoms with Crippen molar-refractivity contribution in [3.8, 4) is 0 Å². The van der Waals surface area contributed by atoms with E-state index in [9.17, 15) is 0 Å². The maximum atomic E-state index is 3.91. The molecule has 1 N–H and O–H groups in total. The summed E-state index contributed by atoms with van der Waals surface area (Å²) in [6.07, 6.45) is 8.96. The molecule has 0 atom stereocenters. The molecule has 0 radical (unpaired) electrons. The molecule has 4 aromatic heterocycles. The van der Waals surface area contributed by atoms with E-state index >= 15 is 0 Å². The summed E-state index contributed by atoms with van der Waals surface area (Å²) in [5, 5.41) is 7.43. The van der Waals surface area contributed by atoms with E-state index in [-0.39, 0.29) is 0 Å². The van der Waals surface area contributed by atoms with E-state index in [2.05, 4.69) is 36.7 Å². The van der Waals surface area contributed by atoms with Crippen LogP contribution in [0.1, 0.15) is 0 Å². The minimum atomic E-state index is 0.782. The third-order valence-corrected chi connectivity index (χ3v) is 2.55. The third kappa shape index (κ3) is 2.06. The molecule has 0 bridgehead atoms. The van der Waals surface area contributed by atoms with E-state index in [1.165, 1.54) is 11.8 Å². The van der Waals surface area contributed by atoms with Gasteiger partial charge >= 0.3 is 0 Å². The molecule has 18 heavy (non-hydrogen) atoms. The number of hydrogen-bond acceptors (Lipinski definition) is 3. The number of nitrogens with one attached hydrogen (secondary N) is 1. The summed E-state index contributed by atoms with van der Waals surface area (Å²) in [7, 11) is 0. The Morgan fingerprint density at radius 3 is 2.78 bits per heavy atom. The number of H-pyrrole nitrogens is 1. The predicted octanol–water partition coefficient (Wildman–Crippen LogP) is 2.29. The van der Waals surface area contributed by atoms with E-state index < -0.39 is 0 Å². The van der Waals surface area contributed by atoms with Crippen LogP contribution in [-0.4, -0.2) is 24.6 Å². The van der Waals surface area contributed by atoms with Crippen LogP contribution in [0.5, 0.6) is 0 Å². The minimum absolute atomic E-state index is 0.782. The molecule has 0 unspecified atom stereocenters. The van der Waals surface area contributed by atoms with Crippen LogP contribution in [0.3, 0.4) is 0 Å². The van der Waals surface area contributed by atoms with Crippen molar-refractivity contribution in [2.75, 3.05) is 0 Å². The van der Waals surface area contributed by atoms with E-state index in [4.69, 9.17) is 0 Å². The van der Waals surface area contributed by atoms with Gasteiger partial charge in [-0.3, -0.25) is 5.10 Å². The number of hydrogen-bond donors (Lipinski definition) is 1. The summed E-state index contributed by atoms with van der Waals surface area (Å²) in [5.74, 6) is 0. The van der Waals surface area contributed by atoms with Crippen LogP contribution in [-0.2, 0) is 0 Å². The molecular weight excluding hydrogens is 226 g/mol. The topological polar surface area (TPSA) is 58.9 Å². The molecule has 0 aliphatic carbocycles. The number of fused-ring (bicyclic) bond motifs is 2. The van der Waals surface area contributed by atoms with Crippen LogP contribution < -0.4 is 0 Å². The third-order valence-electron chi connectivity index (χ3n) is 2.55. The summed E-state index contributed by atoms with van der Waals surface area (Å²) in [6.45, 7) is 0. The van der Waals surface area contributed by atoms with Gasteiger partial charge in [0.1, 0.15) is 6.33 Å². The minimum Gasteiger partial charge on any atom is -0.324 e. The van der Waals surface area contributed by atoms with Crippen molar-refractivity contribution in [2.45, 2.75) is 0 Å². The first-order chi connectivity index (χ1) is 8.93. The number of nitrogens with zero attached hydrogens (tertiary/aromatic N) is 4. The van der Waals surface area contributed by atoms with E-state index in [1.54, 1.807) is 12.4 Å².